The Morgan fingerprint density at radius 3 is 3.05 bits per heavy atom. The molecule has 0 spiro atoms. The van der Waals surface area contributed by atoms with E-state index in [0.717, 1.165) is 18.4 Å². The van der Waals surface area contributed by atoms with Crippen LogP contribution in [0.5, 0.6) is 0 Å². The van der Waals surface area contributed by atoms with Crippen LogP contribution in [0, 0.1) is 0 Å². The van der Waals surface area contributed by atoms with Crippen molar-refractivity contribution < 1.29 is 17.9 Å². The number of rotatable bonds is 5. The Morgan fingerprint density at radius 1 is 1.45 bits per heavy atom. The number of sulfonamides is 1. The molecule has 3 atom stereocenters. The second kappa shape index (κ2) is 6.62. The SMILES string of the molecule is CCS(=O)(=O)N1CCO[C@H]2CC[C@H]1[C@H]2OCc1cccnc1. The second-order valence-electron chi connectivity index (χ2n) is 5.70. The molecule has 1 aliphatic carbocycles. The van der Waals surface area contributed by atoms with Gasteiger partial charge in [0.1, 0.15) is 6.10 Å². The Bertz CT molecular complexity index is 593. The lowest BCUT2D eigenvalue weighted by Crippen LogP contribution is -2.46. The van der Waals surface area contributed by atoms with Crippen LogP contribution in [-0.2, 0) is 26.1 Å². The molecule has 2 heterocycles. The zero-order chi connectivity index (χ0) is 15.6. The van der Waals surface area contributed by atoms with Crippen molar-refractivity contribution in [1.29, 1.82) is 0 Å². The first kappa shape index (κ1) is 15.9. The van der Waals surface area contributed by atoms with Crippen molar-refractivity contribution in [3.05, 3.63) is 30.1 Å². The fourth-order valence-corrected chi connectivity index (χ4v) is 4.59. The van der Waals surface area contributed by atoms with Crippen molar-refractivity contribution in [2.45, 2.75) is 44.6 Å². The minimum absolute atomic E-state index is 0.0151. The van der Waals surface area contributed by atoms with E-state index in [0.29, 0.717) is 19.8 Å². The van der Waals surface area contributed by atoms with Crippen LogP contribution in [0.1, 0.15) is 25.3 Å². The summed E-state index contributed by atoms with van der Waals surface area (Å²) in [6.45, 7) is 2.96. The lowest BCUT2D eigenvalue weighted by molar-refractivity contribution is -0.0583. The van der Waals surface area contributed by atoms with E-state index in [-0.39, 0.29) is 24.0 Å². The Kier molecular flexibility index (Phi) is 4.77. The topological polar surface area (TPSA) is 68.7 Å². The number of ether oxygens (including phenoxy) is 2. The maximum Gasteiger partial charge on any atom is 0.214 e. The fraction of sp³-hybridized carbons (Fsp3) is 0.667. The third-order valence-corrected chi connectivity index (χ3v) is 6.29. The summed E-state index contributed by atoms with van der Waals surface area (Å²) in [6, 6.07) is 3.70. The normalized spacial score (nSPS) is 29.4. The molecule has 0 aromatic carbocycles. The van der Waals surface area contributed by atoms with E-state index in [1.807, 2.05) is 12.1 Å². The zero-order valence-electron chi connectivity index (χ0n) is 12.7. The molecule has 0 radical (unpaired) electrons. The van der Waals surface area contributed by atoms with Gasteiger partial charge in [0.05, 0.1) is 31.1 Å². The fourth-order valence-electron chi connectivity index (χ4n) is 3.26. The average Bonchev–Trinajstić information content (AvgIpc) is 2.81. The highest BCUT2D eigenvalue weighted by Crippen LogP contribution is 2.34. The quantitative estimate of drug-likeness (QED) is 0.813. The van der Waals surface area contributed by atoms with E-state index in [9.17, 15) is 8.42 Å². The molecule has 0 amide bonds. The predicted molar refractivity (Wildman–Crippen MR) is 81.7 cm³/mol. The first-order valence-electron chi connectivity index (χ1n) is 7.73. The van der Waals surface area contributed by atoms with Gasteiger partial charge in [-0.15, -0.1) is 0 Å². The summed E-state index contributed by atoms with van der Waals surface area (Å²) in [6.07, 6.45) is 4.90. The number of nitrogens with zero attached hydrogens (tertiary/aromatic N) is 2. The van der Waals surface area contributed by atoms with E-state index < -0.39 is 10.0 Å². The van der Waals surface area contributed by atoms with E-state index in [2.05, 4.69) is 4.98 Å². The molecule has 1 aromatic rings. The summed E-state index contributed by atoms with van der Waals surface area (Å²) >= 11 is 0. The first-order valence-corrected chi connectivity index (χ1v) is 9.34. The number of hydrogen-bond donors (Lipinski definition) is 0. The van der Waals surface area contributed by atoms with Crippen molar-refractivity contribution in [2.75, 3.05) is 18.9 Å². The van der Waals surface area contributed by atoms with E-state index in [1.165, 1.54) is 0 Å². The van der Waals surface area contributed by atoms with Gasteiger partial charge in [0.2, 0.25) is 10.0 Å². The molecular formula is C15H22N2O4S. The van der Waals surface area contributed by atoms with Crippen LogP contribution < -0.4 is 0 Å². The molecule has 6 nitrogen and oxygen atoms in total. The Hall–Kier alpha value is -1.02. The minimum Gasteiger partial charge on any atom is -0.374 e. The van der Waals surface area contributed by atoms with Crippen molar-refractivity contribution >= 4 is 10.0 Å². The van der Waals surface area contributed by atoms with Gasteiger partial charge in [-0.25, -0.2) is 8.42 Å². The maximum absolute atomic E-state index is 12.3. The molecule has 1 aromatic heterocycles. The first-order chi connectivity index (χ1) is 10.6. The predicted octanol–water partition coefficient (Wildman–Crippen LogP) is 1.18. The molecule has 2 fully saturated rings. The summed E-state index contributed by atoms with van der Waals surface area (Å²) in [4.78, 5) is 4.07. The van der Waals surface area contributed by atoms with Crippen LogP contribution in [0.15, 0.2) is 24.5 Å². The summed E-state index contributed by atoms with van der Waals surface area (Å²) in [5.41, 5.74) is 0.982. The Balaban J connectivity index is 1.75. The van der Waals surface area contributed by atoms with Crippen LogP contribution in [-0.4, -0.2) is 54.9 Å². The number of hydrogen-bond acceptors (Lipinski definition) is 5. The highest BCUT2D eigenvalue weighted by atomic mass is 32.2. The van der Waals surface area contributed by atoms with Gasteiger partial charge < -0.3 is 9.47 Å². The number of fused-ring (bicyclic) bond motifs is 2. The van der Waals surface area contributed by atoms with Gasteiger partial charge in [0.15, 0.2) is 0 Å². The summed E-state index contributed by atoms with van der Waals surface area (Å²) in [5.74, 6) is 0.115. The highest BCUT2D eigenvalue weighted by Gasteiger charge is 2.46. The van der Waals surface area contributed by atoms with Crippen molar-refractivity contribution in [3.8, 4) is 0 Å². The molecule has 122 valence electrons. The smallest absolute Gasteiger partial charge is 0.214 e. The standard InChI is InChI=1S/C15H22N2O4S/c1-2-22(18,19)17-8-9-20-14-6-5-13(17)15(14)21-11-12-4-3-7-16-10-12/h3-4,7,10,13-15H,2,5-6,8-9,11H2,1H3/t13-,14-,15+/m0/s1. The van der Waals surface area contributed by atoms with Crippen molar-refractivity contribution in [1.82, 2.24) is 9.29 Å². The third kappa shape index (κ3) is 3.17. The molecule has 22 heavy (non-hydrogen) atoms. The van der Waals surface area contributed by atoms with E-state index >= 15 is 0 Å². The number of pyridine rings is 1. The minimum atomic E-state index is -3.23. The molecular weight excluding hydrogens is 304 g/mol. The molecule has 2 bridgehead atoms. The summed E-state index contributed by atoms with van der Waals surface area (Å²) < 4.78 is 38.1. The van der Waals surface area contributed by atoms with Crippen LogP contribution in [0.25, 0.3) is 0 Å². The van der Waals surface area contributed by atoms with Gasteiger partial charge >= 0.3 is 0 Å². The van der Waals surface area contributed by atoms with Gasteiger partial charge in [-0.05, 0) is 31.4 Å². The van der Waals surface area contributed by atoms with Crippen LogP contribution in [0.2, 0.25) is 0 Å². The lowest BCUT2D eigenvalue weighted by atomic mass is 10.2. The van der Waals surface area contributed by atoms with Gasteiger partial charge in [0.25, 0.3) is 0 Å². The largest absolute Gasteiger partial charge is 0.374 e. The summed E-state index contributed by atoms with van der Waals surface area (Å²) in [5, 5.41) is 0. The molecule has 1 saturated carbocycles. The molecule has 2 aliphatic rings. The second-order valence-corrected chi connectivity index (χ2v) is 7.91. The van der Waals surface area contributed by atoms with Crippen LogP contribution in [0.4, 0.5) is 0 Å². The highest BCUT2D eigenvalue weighted by molar-refractivity contribution is 7.89. The maximum atomic E-state index is 12.3. The van der Waals surface area contributed by atoms with Gasteiger partial charge in [-0.2, -0.15) is 4.31 Å². The zero-order valence-corrected chi connectivity index (χ0v) is 13.5. The van der Waals surface area contributed by atoms with Crippen molar-refractivity contribution in [3.63, 3.8) is 0 Å². The van der Waals surface area contributed by atoms with Crippen LogP contribution in [0.3, 0.4) is 0 Å². The van der Waals surface area contributed by atoms with E-state index in [1.54, 1.807) is 23.6 Å². The Labute approximate surface area is 131 Å². The van der Waals surface area contributed by atoms with Crippen LogP contribution >= 0.6 is 0 Å². The Morgan fingerprint density at radius 2 is 2.32 bits per heavy atom. The van der Waals surface area contributed by atoms with E-state index in [4.69, 9.17) is 9.47 Å². The molecule has 3 rings (SSSR count). The molecule has 0 N–H and O–H groups in total. The molecule has 0 unspecified atom stereocenters. The third-order valence-electron chi connectivity index (χ3n) is 4.39. The monoisotopic (exact) mass is 326 g/mol. The van der Waals surface area contributed by atoms with Crippen molar-refractivity contribution in [2.24, 2.45) is 0 Å². The molecule has 1 saturated heterocycles. The number of aromatic nitrogens is 1. The summed E-state index contributed by atoms with van der Waals surface area (Å²) in [7, 11) is -3.23. The lowest BCUT2D eigenvalue weighted by Gasteiger charge is -2.30. The molecule has 1 aliphatic heterocycles. The average molecular weight is 326 g/mol. The van der Waals surface area contributed by atoms with Gasteiger partial charge in [-0.3, -0.25) is 4.98 Å². The molecule has 7 heteroatoms. The van der Waals surface area contributed by atoms with Gasteiger partial charge in [-0.1, -0.05) is 6.07 Å². The van der Waals surface area contributed by atoms with Gasteiger partial charge in [0, 0.05) is 18.9 Å².